The summed E-state index contributed by atoms with van der Waals surface area (Å²) in [5.74, 6) is 0.0858. The average Bonchev–Trinajstić information content (AvgIpc) is 3.10. The monoisotopic (exact) mass is 300 g/mol. The quantitative estimate of drug-likeness (QED) is 0.898. The summed E-state index contributed by atoms with van der Waals surface area (Å²) in [5, 5.41) is 20.2. The molecule has 1 aliphatic rings. The third-order valence-corrected chi connectivity index (χ3v) is 4.28. The van der Waals surface area contributed by atoms with E-state index in [2.05, 4.69) is 15.6 Å². The van der Waals surface area contributed by atoms with Gasteiger partial charge in [0.25, 0.3) is 5.91 Å². The van der Waals surface area contributed by atoms with Crippen molar-refractivity contribution in [3.8, 4) is 5.69 Å². The van der Waals surface area contributed by atoms with Crippen LogP contribution in [0.25, 0.3) is 5.69 Å². The summed E-state index contributed by atoms with van der Waals surface area (Å²) >= 11 is 0. The molecule has 3 rings (SSSR count). The minimum absolute atomic E-state index is 0.0706. The number of aromatic nitrogens is 3. The largest absolute Gasteiger partial charge is 0.396 e. The Morgan fingerprint density at radius 1 is 1.27 bits per heavy atom. The molecule has 1 heterocycles. The van der Waals surface area contributed by atoms with Gasteiger partial charge in [-0.2, -0.15) is 0 Å². The molecule has 1 aromatic heterocycles. The molecule has 1 amide bonds. The van der Waals surface area contributed by atoms with Crippen molar-refractivity contribution >= 4 is 5.91 Å². The standard InChI is InChI=1S/C16H20N4O2/c21-11-13-3-1-2-4-15(13)18-16(22)12-5-7-14(8-6-12)20-10-9-17-19-20/h5-10,13,15,21H,1-4,11H2,(H,18,22). The summed E-state index contributed by atoms with van der Waals surface area (Å²) in [6.45, 7) is 0.135. The molecular formula is C16H20N4O2. The molecule has 0 saturated heterocycles. The van der Waals surface area contributed by atoms with Crippen molar-refractivity contribution in [3.63, 3.8) is 0 Å². The van der Waals surface area contributed by atoms with Crippen LogP contribution in [-0.2, 0) is 0 Å². The van der Waals surface area contributed by atoms with Gasteiger partial charge in [0.1, 0.15) is 0 Å². The first-order valence-corrected chi connectivity index (χ1v) is 7.66. The Balaban J connectivity index is 1.67. The van der Waals surface area contributed by atoms with E-state index in [-0.39, 0.29) is 24.5 Å². The average molecular weight is 300 g/mol. The van der Waals surface area contributed by atoms with E-state index in [1.807, 2.05) is 12.1 Å². The number of hydrogen-bond donors (Lipinski definition) is 2. The topological polar surface area (TPSA) is 80.0 Å². The first kappa shape index (κ1) is 14.7. The molecule has 2 unspecified atom stereocenters. The fraction of sp³-hybridized carbons (Fsp3) is 0.438. The third-order valence-electron chi connectivity index (χ3n) is 4.28. The maximum atomic E-state index is 12.3. The second-order valence-corrected chi connectivity index (χ2v) is 5.70. The Morgan fingerprint density at radius 3 is 2.73 bits per heavy atom. The van der Waals surface area contributed by atoms with Gasteiger partial charge in [-0.05, 0) is 37.1 Å². The number of nitrogens with zero attached hydrogens (tertiary/aromatic N) is 3. The van der Waals surface area contributed by atoms with Gasteiger partial charge in [0.2, 0.25) is 0 Å². The molecule has 2 aromatic rings. The Bertz CT molecular complexity index is 610. The van der Waals surface area contributed by atoms with Crippen LogP contribution in [0, 0.1) is 5.92 Å². The maximum Gasteiger partial charge on any atom is 0.251 e. The number of rotatable bonds is 4. The second kappa shape index (κ2) is 6.70. The molecule has 1 fully saturated rings. The van der Waals surface area contributed by atoms with Crippen molar-refractivity contribution in [1.82, 2.24) is 20.3 Å². The van der Waals surface area contributed by atoms with Crippen LogP contribution in [-0.4, -0.2) is 38.7 Å². The lowest BCUT2D eigenvalue weighted by Gasteiger charge is -2.30. The van der Waals surface area contributed by atoms with E-state index >= 15 is 0 Å². The van der Waals surface area contributed by atoms with Gasteiger partial charge < -0.3 is 10.4 Å². The van der Waals surface area contributed by atoms with Crippen LogP contribution in [0.15, 0.2) is 36.7 Å². The number of amides is 1. The predicted octanol–water partition coefficient (Wildman–Crippen LogP) is 1.55. The third kappa shape index (κ3) is 3.17. The van der Waals surface area contributed by atoms with E-state index in [0.29, 0.717) is 5.56 Å². The van der Waals surface area contributed by atoms with Crippen LogP contribution in [0.5, 0.6) is 0 Å². The summed E-state index contributed by atoms with van der Waals surface area (Å²) in [6.07, 6.45) is 7.51. The summed E-state index contributed by atoms with van der Waals surface area (Å²) in [5.41, 5.74) is 1.48. The van der Waals surface area contributed by atoms with Crippen molar-refractivity contribution in [1.29, 1.82) is 0 Å². The maximum absolute atomic E-state index is 12.3. The summed E-state index contributed by atoms with van der Waals surface area (Å²) in [6, 6.07) is 7.31. The zero-order valence-electron chi connectivity index (χ0n) is 12.4. The summed E-state index contributed by atoms with van der Waals surface area (Å²) < 4.78 is 1.64. The molecule has 116 valence electrons. The lowest BCUT2D eigenvalue weighted by molar-refractivity contribution is 0.0872. The van der Waals surface area contributed by atoms with Crippen LogP contribution in [0.3, 0.4) is 0 Å². The molecule has 1 aliphatic carbocycles. The van der Waals surface area contributed by atoms with E-state index in [0.717, 1.165) is 31.4 Å². The molecule has 2 atom stereocenters. The Hall–Kier alpha value is -2.21. The summed E-state index contributed by atoms with van der Waals surface area (Å²) in [4.78, 5) is 12.3. The van der Waals surface area contributed by atoms with Gasteiger partial charge >= 0.3 is 0 Å². The van der Waals surface area contributed by atoms with Gasteiger partial charge in [-0.3, -0.25) is 4.79 Å². The molecule has 2 N–H and O–H groups in total. The van der Waals surface area contributed by atoms with Crippen molar-refractivity contribution in [2.45, 2.75) is 31.7 Å². The van der Waals surface area contributed by atoms with Crippen molar-refractivity contribution < 1.29 is 9.90 Å². The number of carbonyl (C=O) groups excluding carboxylic acids is 1. The molecule has 6 heteroatoms. The predicted molar refractivity (Wildman–Crippen MR) is 81.7 cm³/mol. The smallest absolute Gasteiger partial charge is 0.251 e. The molecule has 0 aliphatic heterocycles. The number of aliphatic hydroxyl groups is 1. The van der Waals surface area contributed by atoms with Gasteiger partial charge in [0, 0.05) is 24.1 Å². The van der Waals surface area contributed by atoms with Gasteiger partial charge in [-0.15, -0.1) is 5.10 Å². The fourth-order valence-corrected chi connectivity index (χ4v) is 2.98. The zero-order chi connectivity index (χ0) is 15.4. The van der Waals surface area contributed by atoms with Gasteiger partial charge in [-0.1, -0.05) is 18.1 Å². The molecule has 6 nitrogen and oxygen atoms in total. The number of hydrogen-bond acceptors (Lipinski definition) is 4. The second-order valence-electron chi connectivity index (χ2n) is 5.70. The SMILES string of the molecule is O=C(NC1CCCCC1CO)c1ccc(-n2ccnn2)cc1. The van der Waals surface area contributed by atoms with E-state index < -0.39 is 0 Å². The minimum atomic E-state index is -0.0875. The Kier molecular flexibility index (Phi) is 4.48. The van der Waals surface area contributed by atoms with E-state index in [4.69, 9.17) is 0 Å². The van der Waals surface area contributed by atoms with E-state index in [9.17, 15) is 9.90 Å². The normalized spacial score (nSPS) is 21.5. The van der Waals surface area contributed by atoms with Gasteiger partial charge in [-0.25, -0.2) is 4.68 Å². The highest BCUT2D eigenvalue weighted by Gasteiger charge is 2.26. The van der Waals surface area contributed by atoms with Crippen LogP contribution >= 0.6 is 0 Å². The molecule has 0 spiro atoms. The Morgan fingerprint density at radius 2 is 2.05 bits per heavy atom. The molecule has 22 heavy (non-hydrogen) atoms. The van der Waals surface area contributed by atoms with Crippen LogP contribution < -0.4 is 5.32 Å². The van der Waals surface area contributed by atoms with Crippen molar-refractivity contribution in [3.05, 3.63) is 42.2 Å². The highest BCUT2D eigenvalue weighted by Crippen LogP contribution is 2.24. The highest BCUT2D eigenvalue weighted by molar-refractivity contribution is 5.94. The zero-order valence-corrected chi connectivity index (χ0v) is 12.4. The molecule has 1 saturated carbocycles. The molecular weight excluding hydrogens is 280 g/mol. The highest BCUT2D eigenvalue weighted by atomic mass is 16.3. The number of nitrogens with one attached hydrogen (secondary N) is 1. The van der Waals surface area contributed by atoms with Crippen LogP contribution in [0.4, 0.5) is 0 Å². The number of aliphatic hydroxyl groups excluding tert-OH is 1. The molecule has 0 bridgehead atoms. The first-order valence-electron chi connectivity index (χ1n) is 7.66. The van der Waals surface area contributed by atoms with Crippen molar-refractivity contribution in [2.24, 2.45) is 5.92 Å². The number of carbonyl (C=O) groups is 1. The van der Waals surface area contributed by atoms with E-state index in [1.165, 1.54) is 0 Å². The van der Waals surface area contributed by atoms with Gasteiger partial charge in [0.05, 0.1) is 18.1 Å². The summed E-state index contributed by atoms with van der Waals surface area (Å²) in [7, 11) is 0. The lowest BCUT2D eigenvalue weighted by atomic mass is 9.85. The van der Waals surface area contributed by atoms with Crippen molar-refractivity contribution in [2.75, 3.05) is 6.61 Å². The lowest BCUT2D eigenvalue weighted by Crippen LogP contribution is -2.43. The molecule has 0 radical (unpaired) electrons. The Labute approximate surface area is 129 Å². The first-order chi connectivity index (χ1) is 10.8. The molecule has 1 aromatic carbocycles. The number of benzene rings is 1. The minimum Gasteiger partial charge on any atom is -0.396 e. The fourth-order valence-electron chi connectivity index (χ4n) is 2.98. The van der Waals surface area contributed by atoms with Gasteiger partial charge in [0.15, 0.2) is 0 Å². The van der Waals surface area contributed by atoms with Crippen LogP contribution in [0.1, 0.15) is 36.0 Å². The van der Waals surface area contributed by atoms with Crippen LogP contribution in [0.2, 0.25) is 0 Å². The van der Waals surface area contributed by atoms with E-state index in [1.54, 1.807) is 29.2 Å².